The Balaban J connectivity index is 3.21. The molecule has 0 fully saturated rings. The molecule has 0 aliphatic carbocycles. The molecule has 0 spiro atoms. The molecule has 4 nitrogen and oxygen atoms in total. The summed E-state index contributed by atoms with van der Waals surface area (Å²) in [6, 6.07) is 3.73. The van der Waals surface area contributed by atoms with Gasteiger partial charge in [0.15, 0.2) is 11.1 Å². The van der Waals surface area contributed by atoms with Crippen LogP contribution in [-0.4, -0.2) is 13.7 Å². The van der Waals surface area contributed by atoms with Crippen LogP contribution in [0.15, 0.2) is 12.1 Å². The maximum absolute atomic E-state index is 13.6. The number of sulfonamides is 1. The fraction of sp³-hybridized carbons (Fsp3) is 0.364. The molecule has 0 saturated carbocycles. The van der Waals surface area contributed by atoms with Crippen LogP contribution in [0.4, 0.5) is 14.5 Å². The Labute approximate surface area is 104 Å². The largest absolute Gasteiger partial charge is 0.277 e. The third kappa shape index (κ3) is 2.76. The van der Waals surface area contributed by atoms with Crippen LogP contribution in [0.3, 0.4) is 0 Å². The van der Waals surface area contributed by atoms with Crippen LogP contribution >= 0.6 is 0 Å². The number of nitrogens with zero attached hydrogens (tertiary/aromatic N) is 1. The van der Waals surface area contributed by atoms with Crippen molar-refractivity contribution < 1.29 is 17.2 Å². The van der Waals surface area contributed by atoms with Gasteiger partial charge >= 0.3 is 0 Å². The van der Waals surface area contributed by atoms with Gasteiger partial charge < -0.3 is 0 Å². The highest BCUT2D eigenvalue weighted by atomic mass is 32.2. The highest BCUT2D eigenvalue weighted by Gasteiger charge is 2.26. The van der Waals surface area contributed by atoms with Gasteiger partial charge in [-0.2, -0.15) is 5.26 Å². The van der Waals surface area contributed by atoms with Crippen molar-refractivity contribution in [3.8, 4) is 6.07 Å². The van der Waals surface area contributed by atoms with E-state index in [1.165, 1.54) is 19.9 Å². The molecule has 0 aliphatic heterocycles. The van der Waals surface area contributed by atoms with Crippen molar-refractivity contribution in [2.45, 2.75) is 25.5 Å². The highest BCUT2D eigenvalue weighted by Crippen LogP contribution is 2.24. The number of hydrogen-bond donors (Lipinski definition) is 1. The number of aryl methyl sites for hydroxylation is 1. The lowest BCUT2D eigenvalue weighted by molar-refractivity contribution is 0.576. The summed E-state index contributed by atoms with van der Waals surface area (Å²) in [6.07, 6.45) is 0.0287. The number of halogens is 2. The summed E-state index contributed by atoms with van der Waals surface area (Å²) in [7, 11) is -4.13. The van der Waals surface area contributed by atoms with Gasteiger partial charge in [0.2, 0.25) is 10.0 Å². The molecule has 18 heavy (non-hydrogen) atoms. The summed E-state index contributed by atoms with van der Waals surface area (Å²) >= 11 is 0. The van der Waals surface area contributed by atoms with E-state index in [4.69, 9.17) is 5.26 Å². The van der Waals surface area contributed by atoms with E-state index in [1.54, 1.807) is 10.8 Å². The molecule has 1 rings (SSSR count). The van der Waals surface area contributed by atoms with Crippen LogP contribution in [-0.2, 0) is 10.0 Å². The van der Waals surface area contributed by atoms with Gasteiger partial charge in [0.25, 0.3) is 0 Å². The predicted molar refractivity (Wildman–Crippen MR) is 63.3 cm³/mol. The number of hydrogen-bond acceptors (Lipinski definition) is 3. The lowest BCUT2D eigenvalue weighted by Crippen LogP contribution is -2.27. The van der Waals surface area contributed by atoms with E-state index in [0.29, 0.717) is 0 Å². The summed E-state index contributed by atoms with van der Waals surface area (Å²) in [6.45, 7) is 2.88. The van der Waals surface area contributed by atoms with Crippen LogP contribution in [0.5, 0.6) is 0 Å². The molecule has 0 amide bonds. The van der Waals surface area contributed by atoms with Crippen LogP contribution in [0.2, 0.25) is 0 Å². The van der Waals surface area contributed by atoms with E-state index in [1.807, 2.05) is 0 Å². The second kappa shape index (κ2) is 5.31. The summed E-state index contributed by atoms with van der Waals surface area (Å²) in [5, 5.41) is 7.33. The fourth-order valence-corrected chi connectivity index (χ4v) is 2.54. The average Bonchev–Trinajstić information content (AvgIpc) is 2.31. The molecule has 1 unspecified atom stereocenters. The summed E-state index contributed by atoms with van der Waals surface area (Å²) in [5.41, 5.74) is -0.636. The summed E-state index contributed by atoms with van der Waals surface area (Å²) in [4.78, 5) is 0. The Bertz CT molecular complexity index is 594. The Hall–Kier alpha value is -1.68. The minimum atomic E-state index is -4.13. The zero-order chi connectivity index (χ0) is 13.9. The first-order valence-electron chi connectivity index (χ1n) is 5.19. The van der Waals surface area contributed by atoms with Crippen molar-refractivity contribution in [2.75, 3.05) is 4.72 Å². The molecule has 0 bridgehead atoms. The molecule has 7 heteroatoms. The normalized spacial score (nSPS) is 12.8. The van der Waals surface area contributed by atoms with E-state index in [-0.39, 0.29) is 12.0 Å². The molecule has 1 aromatic carbocycles. The van der Waals surface area contributed by atoms with E-state index in [2.05, 4.69) is 0 Å². The molecule has 1 atom stereocenters. The smallest absolute Gasteiger partial charge is 0.249 e. The van der Waals surface area contributed by atoms with Crippen molar-refractivity contribution >= 4 is 15.7 Å². The highest BCUT2D eigenvalue weighted by molar-refractivity contribution is 7.93. The predicted octanol–water partition coefficient (Wildman–Crippen LogP) is 2.32. The van der Waals surface area contributed by atoms with Crippen LogP contribution < -0.4 is 4.72 Å². The first-order valence-corrected chi connectivity index (χ1v) is 6.74. The van der Waals surface area contributed by atoms with Gasteiger partial charge in [0.05, 0.1) is 6.07 Å². The lowest BCUT2D eigenvalue weighted by atomic mass is 10.2. The molecule has 98 valence electrons. The monoisotopic (exact) mass is 274 g/mol. The summed E-state index contributed by atoms with van der Waals surface area (Å²) < 4.78 is 52.2. The average molecular weight is 274 g/mol. The SMILES string of the molecule is CCC(C#N)S(=O)(=O)Nc1c(F)ccc(C)c1F. The number of benzene rings is 1. The maximum atomic E-state index is 13.6. The number of rotatable bonds is 4. The maximum Gasteiger partial charge on any atom is 0.249 e. The number of nitriles is 1. The molecule has 1 N–H and O–H groups in total. The van der Waals surface area contributed by atoms with Crippen molar-refractivity contribution in [1.29, 1.82) is 5.26 Å². The van der Waals surface area contributed by atoms with E-state index >= 15 is 0 Å². The third-order valence-electron chi connectivity index (χ3n) is 2.42. The van der Waals surface area contributed by atoms with Crippen LogP contribution in [0.1, 0.15) is 18.9 Å². The number of nitrogens with one attached hydrogen (secondary N) is 1. The zero-order valence-corrected chi connectivity index (χ0v) is 10.7. The first-order chi connectivity index (χ1) is 8.33. The number of anilines is 1. The van der Waals surface area contributed by atoms with Crippen molar-refractivity contribution in [2.24, 2.45) is 0 Å². The van der Waals surface area contributed by atoms with Crippen molar-refractivity contribution in [3.63, 3.8) is 0 Å². The Morgan fingerprint density at radius 3 is 2.56 bits per heavy atom. The van der Waals surface area contributed by atoms with Gasteiger partial charge in [-0.25, -0.2) is 17.2 Å². The van der Waals surface area contributed by atoms with E-state index < -0.39 is 32.6 Å². The van der Waals surface area contributed by atoms with Crippen LogP contribution in [0.25, 0.3) is 0 Å². The Morgan fingerprint density at radius 2 is 2.06 bits per heavy atom. The fourth-order valence-electron chi connectivity index (χ4n) is 1.34. The Morgan fingerprint density at radius 1 is 1.44 bits per heavy atom. The second-order valence-corrected chi connectivity index (χ2v) is 5.59. The molecular weight excluding hydrogens is 262 g/mol. The molecule has 0 radical (unpaired) electrons. The van der Waals surface area contributed by atoms with Crippen molar-refractivity contribution in [3.05, 3.63) is 29.3 Å². The lowest BCUT2D eigenvalue weighted by Gasteiger charge is -2.13. The van der Waals surface area contributed by atoms with Gasteiger partial charge in [-0.05, 0) is 25.0 Å². The molecule has 0 aliphatic rings. The van der Waals surface area contributed by atoms with Crippen molar-refractivity contribution in [1.82, 2.24) is 0 Å². The molecular formula is C11H12F2N2O2S. The third-order valence-corrected chi connectivity index (χ3v) is 4.09. The standard InChI is InChI=1S/C11H12F2N2O2S/c1-3-8(6-14)18(16,17)15-11-9(12)5-4-7(2)10(11)13/h4-5,8,15H,3H2,1-2H3. The molecule has 0 aromatic heterocycles. The molecule has 0 saturated heterocycles. The quantitative estimate of drug-likeness (QED) is 0.916. The Kier molecular flexibility index (Phi) is 4.24. The van der Waals surface area contributed by atoms with Gasteiger partial charge in [0.1, 0.15) is 11.5 Å². The van der Waals surface area contributed by atoms with E-state index in [0.717, 1.165) is 6.07 Å². The second-order valence-electron chi connectivity index (χ2n) is 3.73. The first kappa shape index (κ1) is 14.4. The molecule has 1 aromatic rings. The van der Waals surface area contributed by atoms with Gasteiger partial charge in [-0.1, -0.05) is 13.0 Å². The molecule has 0 heterocycles. The van der Waals surface area contributed by atoms with E-state index in [9.17, 15) is 17.2 Å². The van der Waals surface area contributed by atoms with Crippen LogP contribution in [0, 0.1) is 29.9 Å². The zero-order valence-electron chi connectivity index (χ0n) is 9.87. The van der Waals surface area contributed by atoms with Gasteiger partial charge in [-0.15, -0.1) is 0 Å². The minimum Gasteiger partial charge on any atom is -0.277 e. The topological polar surface area (TPSA) is 70.0 Å². The summed E-state index contributed by atoms with van der Waals surface area (Å²) in [5.74, 6) is -2.00. The van der Waals surface area contributed by atoms with Gasteiger partial charge in [0, 0.05) is 0 Å². The van der Waals surface area contributed by atoms with Gasteiger partial charge in [-0.3, -0.25) is 4.72 Å². The minimum absolute atomic E-state index is 0.0287.